The monoisotopic (exact) mass is 380 g/mol. The number of carbonyl (C=O) groups excluding carboxylic acids is 1. The van der Waals surface area contributed by atoms with Crippen LogP contribution in [0, 0.1) is 0 Å². The Balaban J connectivity index is 1.63. The van der Waals surface area contributed by atoms with Crippen LogP contribution in [0.1, 0.15) is 37.7 Å². The number of nitrogens with one attached hydrogen (secondary N) is 2. The Morgan fingerprint density at radius 2 is 1.92 bits per heavy atom. The minimum Gasteiger partial charge on any atom is -0.357 e. The molecule has 2 aliphatic rings. The summed E-state index contributed by atoms with van der Waals surface area (Å²) in [6.45, 7) is 3.43. The highest BCUT2D eigenvalue weighted by molar-refractivity contribution is 7.92. The molecule has 2 N–H and O–H groups in total. The number of piperidine rings is 2. The fourth-order valence-electron chi connectivity index (χ4n) is 3.77. The molecule has 144 valence electrons. The highest BCUT2D eigenvalue weighted by Crippen LogP contribution is 2.28. The molecule has 0 unspecified atom stereocenters. The van der Waals surface area contributed by atoms with Gasteiger partial charge in [0.25, 0.3) is 0 Å². The maximum atomic E-state index is 12.7. The van der Waals surface area contributed by atoms with E-state index in [2.05, 4.69) is 20.5 Å². The second-order valence-electron chi connectivity index (χ2n) is 7.27. The predicted octanol–water partition coefficient (Wildman–Crippen LogP) is 0.855. The summed E-state index contributed by atoms with van der Waals surface area (Å²) in [7, 11) is -3.49. The van der Waals surface area contributed by atoms with Gasteiger partial charge in [-0.3, -0.25) is 4.79 Å². The first-order valence-corrected chi connectivity index (χ1v) is 11.2. The average molecular weight is 381 g/mol. The van der Waals surface area contributed by atoms with E-state index in [9.17, 15) is 13.2 Å². The normalized spacial score (nSPS) is 20.6. The molecule has 1 amide bonds. The van der Waals surface area contributed by atoms with Gasteiger partial charge >= 0.3 is 0 Å². The van der Waals surface area contributed by atoms with Gasteiger partial charge in [0.2, 0.25) is 5.91 Å². The SMILES string of the molecule is CS(=O)(=O)C1(C(=O)NCc2ccc(N3CCCCC3)nc2)CCNCC1. The zero-order valence-corrected chi connectivity index (χ0v) is 16.1. The summed E-state index contributed by atoms with van der Waals surface area (Å²) in [6.07, 6.45) is 7.21. The van der Waals surface area contributed by atoms with Crippen molar-refractivity contribution in [3.63, 3.8) is 0 Å². The number of rotatable bonds is 5. The molecule has 0 spiro atoms. The van der Waals surface area contributed by atoms with Crippen molar-refractivity contribution < 1.29 is 13.2 Å². The van der Waals surface area contributed by atoms with Crippen molar-refractivity contribution in [3.8, 4) is 0 Å². The summed E-state index contributed by atoms with van der Waals surface area (Å²) >= 11 is 0. The molecular weight excluding hydrogens is 352 g/mol. The van der Waals surface area contributed by atoms with Crippen LogP contribution in [-0.4, -0.2) is 56.5 Å². The molecule has 0 aromatic carbocycles. The van der Waals surface area contributed by atoms with Crippen LogP contribution in [0.4, 0.5) is 5.82 Å². The predicted molar refractivity (Wildman–Crippen MR) is 102 cm³/mol. The quantitative estimate of drug-likeness (QED) is 0.787. The molecule has 3 heterocycles. The zero-order valence-electron chi connectivity index (χ0n) is 15.3. The van der Waals surface area contributed by atoms with Crippen molar-refractivity contribution in [1.82, 2.24) is 15.6 Å². The summed E-state index contributed by atoms with van der Waals surface area (Å²) in [5, 5.41) is 5.93. The fraction of sp³-hybridized carbons (Fsp3) is 0.667. The van der Waals surface area contributed by atoms with Crippen LogP contribution < -0.4 is 15.5 Å². The summed E-state index contributed by atoms with van der Waals surface area (Å²) in [5.74, 6) is 0.562. The topological polar surface area (TPSA) is 91.4 Å². The molecule has 0 bridgehead atoms. The minimum absolute atomic E-state index is 0.289. The van der Waals surface area contributed by atoms with E-state index in [0.29, 0.717) is 25.9 Å². The van der Waals surface area contributed by atoms with Crippen LogP contribution in [0.3, 0.4) is 0 Å². The Labute approximate surface area is 155 Å². The molecule has 1 aromatic rings. The fourth-order valence-corrected chi connectivity index (χ4v) is 5.13. The van der Waals surface area contributed by atoms with Crippen molar-refractivity contribution in [2.75, 3.05) is 37.3 Å². The van der Waals surface area contributed by atoms with E-state index in [1.165, 1.54) is 19.3 Å². The molecule has 2 fully saturated rings. The van der Waals surface area contributed by atoms with E-state index >= 15 is 0 Å². The van der Waals surface area contributed by atoms with Gasteiger partial charge in [0.05, 0.1) is 0 Å². The van der Waals surface area contributed by atoms with Crippen molar-refractivity contribution in [3.05, 3.63) is 23.9 Å². The van der Waals surface area contributed by atoms with Gasteiger partial charge in [0.1, 0.15) is 5.82 Å². The van der Waals surface area contributed by atoms with Crippen LogP contribution in [0.25, 0.3) is 0 Å². The van der Waals surface area contributed by atoms with Gasteiger partial charge in [0, 0.05) is 32.1 Å². The Morgan fingerprint density at radius 3 is 2.50 bits per heavy atom. The lowest BCUT2D eigenvalue weighted by molar-refractivity contribution is -0.124. The van der Waals surface area contributed by atoms with Crippen LogP contribution in [0.2, 0.25) is 0 Å². The van der Waals surface area contributed by atoms with Crippen molar-refractivity contribution in [1.29, 1.82) is 0 Å². The molecule has 2 saturated heterocycles. The lowest BCUT2D eigenvalue weighted by Gasteiger charge is -2.34. The molecule has 26 heavy (non-hydrogen) atoms. The summed E-state index contributed by atoms with van der Waals surface area (Å²) < 4.78 is 23.2. The van der Waals surface area contributed by atoms with E-state index in [1.807, 2.05) is 12.1 Å². The largest absolute Gasteiger partial charge is 0.357 e. The Morgan fingerprint density at radius 1 is 1.23 bits per heavy atom. The molecule has 1 aromatic heterocycles. The van der Waals surface area contributed by atoms with Crippen LogP contribution in [0.15, 0.2) is 18.3 Å². The number of sulfone groups is 1. The molecule has 2 aliphatic heterocycles. The summed E-state index contributed by atoms with van der Waals surface area (Å²) in [6, 6.07) is 3.93. The maximum Gasteiger partial charge on any atom is 0.241 e. The van der Waals surface area contributed by atoms with E-state index < -0.39 is 20.5 Å². The van der Waals surface area contributed by atoms with E-state index in [4.69, 9.17) is 0 Å². The number of hydrogen-bond acceptors (Lipinski definition) is 6. The number of pyridine rings is 1. The lowest BCUT2D eigenvalue weighted by Crippen LogP contribution is -2.57. The van der Waals surface area contributed by atoms with Gasteiger partial charge in [0.15, 0.2) is 14.6 Å². The molecule has 0 radical (unpaired) electrons. The van der Waals surface area contributed by atoms with Crippen LogP contribution in [0.5, 0.6) is 0 Å². The summed E-state index contributed by atoms with van der Waals surface area (Å²) in [4.78, 5) is 19.5. The molecule has 8 heteroatoms. The second kappa shape index (κ2) is 7.92. The Hall–Kier alpha value is -1.67. The van der Waals surface area contributed by atoms with Gasteiger partial charge in [-0.1, -0.05) is 6.07 Å². The molecular formula is C18H28N4O3S. The lowest BCUT2D eigenvalue weighted by atomic mass is 9.96. The molecule has 0 aliphatic carbocycles. The second-order valence-corrected chi connectivity index (χ2v) is 9.60. The highest BCUT2D eigenvalue weighted by Gasteiger charge is 2.48. The number of aromatic nitrogens is 1. The molecule has 0 atom stereocenters. The van der Waals surface area contributed by atoms with Gasteiger partial charge in [-0.25, -0.2) is 13.4 Å². The van der Waals surface area contributed by atoms with E-state index in [1.54, 1.807) is 6.20 Å². The third-order valence-electron chi connectivity index (χ3n) is 5.48. The summed E-state index contributed by atoms with van der Waals surface area (Å²) in [5.41, 5.74) is 0.872. The molecule has 0 saturated carbocycles. The van der Waals surface area contributed by atoms with Crippen molar-refractivity contribution >= 4 is 21.6 Å². The van der Waals surface area contributed by atoms with Crippen LogP contribution >= 0.6 is 0 Å². The maximum absolute atomic E-state index is 12.7. The van der Waals surface area contributed by atoms with Gasteiger partial charge < -0.3 is 15.5 Å². The van der Waals surface area contributed by atoms with Crippen LogP contribution in [-0.2, 0) is 21.2 Å². The Kier molecular flexibility index (Phi) is 5.82. The smallest absolute Gasteiger partial charge is 0.241 e. The Bertz CT molecular complexity index is 721. The first-order valence-electron chi connectivity index (χ1n) is 9.31. The van der Waals surface area contributed by atoms with Gasteiger partial charge in [-0.2, -0.15) is 0 Å². The minimum atomic E-state index is -3.49. The van der Waals surface area contributed by atoms with Gasteiger partial charge in [-0.15, -0.1) is 0 Å². The standard InChI is InChI=1S/C18H28N4O3S/c1-26(24,25)18(7-9-19-10-8-18)17(23)21-14-15-5-6-16(20-13-15)22-11-3-2-4-12-22/h5-6,13,19H,2-4,7-12,14H2,1H3,(H,21,23). The molecule has 3 rings (SSSR count). The first kappa shape index (κ1) is 19.1. The highest BCUT2D eigenvalue weighted by atomic mass is 32.2. The number of carbonyl (C=O) groups is 1. The first-order chi connectivity index (χ1) is 12.4. The third-order valence-corrected chi connectivity index (χ3v) is 7.49. The number of hydrogen-bond donors (Lipinski definition) is 2. The average Bonchev–Trinajstić information content (AvgIpc) is 2.67. The number of nitrogens with zero attached hydrogens (tertiary/aromatic N) is 2. The van der Waals surface area contributed by atoms with E-state index in [0.717, 1.165) is 30.7 Å². The van der Waals surface area contributed by atoms with Gasteiger partial charge in [-0.05, 0) is 56.8 Å². The van der Waals surface area contributed by atoms with Crippen molar-refractivity contribution in [2.24, 2.45) is 0 Å². The van der Waals surface area contributed by atoms with Crippen molar-refractivity contribution in [2.45, 2.75) is 43.4 Å². The third kappa shape index (κ3) is 4.01. The number of amides is 1. The number of anilines is 1. The van der Waals surface area contributed by atoms with E-state index in [-0.39, 0.29) is 6.54 Å². The molecule has 7 nitrogen and oxygen atoms in total. The zero-order chi connectivity index (χ0) is 18.6.